The van der Waals surface area contributed by atoms with Crippen LogP contribution in [0.3, 0.4) is 0 Å². The van der Waals surface area contributed by atoms with Crippen LogP contribution >= 0.6 is 0 Å². The maximum absolute atomic E-state index is 4.27. The first-order valence-electron chi connectivity index (χ1n) is 4.34. The number of aromatic amines is 1. The van der Waals surface area contributed by atoms with Crippen molar-refractivity contribution in [2.75, 3.05) is 14.1 Å². The molecule has 2 aromatic rings. The summed E-state index contributed by atoms with van der Waals surface area (Å²) in [5, 5.41) is 8.50. The summed E-state index contributed by atoms with van der Waals surface area (Å²) >= 11 is 0. The molecule has 3 nitrogen and oxygen atoms in total. The van der Waals surface area contributed by atoms with Crippen molar-refractivity contribution in [3.8, 4) is 0 Å². The lowest BCUT2D eigenvalue weighted by atomic mass is 10.2. The number of para-hydroxylation sites is 1. The van der Waals surface area contributed by atoms with Crippen LogP contribution in [0.1, 0.15) is 5.69 Å². The summed E-state index contributed by atoms with van der Waals surface area (Å²) in [6.07, 6.45) is 0. The molecule has 1 aromatic heterocycles. The molecule has 0 amide bonds. The van der Waals surface area contributed by atoms with E-state index in [9.17, 15) is 0 Å². The van der Waals surface area contributed by atoms with Crippen molar-refractivity contribution < 1.29 is 0 Å². The summed E-state index contributed by atoms with van der Waals surface area (Å²) in [5.41, 5.74) is 2.22. The van der Waals surface area contributed by atoms with Crippen molar-refractivity contribution in [1.29, 1.82) is 0 Å². The second-order valence-electron chi connectivity index (χ2n) is 3.45. The lowest BCUT2D eigenvalue weighted by Crippen LogP contribution is -2.11. The zero-order valence-electron chi connectivity index (χ0n) is 7.91. The van der Waals surface area contributed by atoms with Crippen LogP contribution in [-0.2, 0) is 6.54 Å². The molecule has 13 heavy (non-hydrogen) atoms. The van der Waals surface area contributed by atoms with Crippen LogP contribution in [0, 0.1) is 0 Å². The van der Waals surface area contributed by atoms with Gasteiger partial charge in [0.2, 0.25) is 0 Å². The lowest BCUT2D eigenvalue weighted by Gasteiger charge is -2.06. The number of benzene rings is 1. The number of hydrogen-bond acceptors (Lipinski definition) is 2. The number of rotatable bonds is 2. The Hall–Kier alpha value is -1.35. The first-order chi connectivity index (χ1) is 6.27. The molecule has 0 aliphatic rings. The smallest absolute Gasteiger partial charge is 0.0840 e. The maximum atomic E-state index is 4.27. The molecule has 0 spiro atoms. The molecule has 68 valence electrons. The van der Waals surface area contributed by atoms with Crippen LogP contribution in [-0.4, -0.2) is 29.2 Å². The van der Waals surface area contributed by atoms with E-state index in [4.69, 9.17) is 0 Å². The summed E-state index contributed by atoms with van der Waals surface area (Å²) < 4.78 is 0. The predicted molar refractivity (Wildman–Crippen MR) is 53.5 cm³/mol. The van der Waals surface area contributed by atoms with Gasteiger partial charge in [0, 0.05) is 11.9 Å². The topological polar surface area (TPSA) is 31.9 Å². The van der Waals surface area contributed by atoms with Crippen molar-refractivity contribution >= 4 is 10.9 Å². The van der Waals surface area contributed by atoms with E-state index in [0.717, 1.165) is 17.8 Å². The van der Waals surface area contributed by atoms with Crippen LogP contribution in [0.2, 0.25) is 0 Å². The number of hydrogen-bond donors (Lipinski definition) is 1. The highest BCUT2D eigenvalue weighted by Crippen LogP contribution is 2.15. The Morgan fingerprint density at radius 2 is 2.08 bits per heavy atom. The Bertz CT molecular complexity index is 403. The standard InChI is InChI=1S/C10H13N3/c1-13(2)7-10-8-5-3-4-6-9(8)11-12-10/h3-6H,7H2,1-2H3,(H,11,12). The third-order valence-corrected chi connectivity index (χ3v) is 2.02. The molecule has 1 aromatic carbocycles. The normalized spacial score (nSPS) is 11.3. The SMILES string of the molecule is CN(C)Cc1n[nH]c2ccccc12. The molecule has 1 N–H and O–H groups in total. The van der Waals surface area contributed by atoms with E-state index >= 15 is 0 Å². The number of nitrogens with zero attached hydrogens (tertiary/aromatic N) is 2. The fourth-order valence-electron chi connectivity index (χ4n) is 1.44. The van der Waals surface area contributed by atoms with Gasteiger partial charge in [-0.05, 0) is 20.2 Å². The minimum atomic E-state index is 0.879. The predicted octanol–water partition coefficient (Wildman–Crippen LogP) is 1.62. The Labute approximate surface area is 77.4 Å². The molecule has 0 saturated heterocycles. The van der Waals surface area contributed by atoms with Crippen LogP contribution in [0.5, 0.6) is 0 Å². The minimum absolute atomic E-state index is 0.879. The zero-order valence-corrected chi connectivity index (χ0v) is 7.91. The van der Waals surface area contributed by atoms with Crippen molar-refractivity contribution in [3.63, 3.8) is 0 Å². The van der Waals surface area contributed by atoms with Gasteiger partial charge in [-0.3, -0.25) is 5.10 Å². The molecule has 0 fully saturated rings. The number of aromatic nitrogens is 2. The van der Waals surface area contributed by atoms with E-state index in [0.29, 0.717) is 0 Å². The second kappa shape index (κ2) is 3.18. The van der Waals surface area contributed by atoms with Crippen LogP contribution in [0.25, 0.3) is 10.9 Å². The minimum Gasteiger partial charge on any atom is -0.303 e. The molecular weight excluding hydrogens is 162 g/mol. The van der Waals surface area contributed by atoms with E-state index in [2.05, 4.69) is 21.2 Å². The molecule has 1 heterocycles. The first-order valence-corrected chi connectivity index (χ1v) is 4.34. The van der Waals surface area contributed by atoms with E-state index in [1.54, 1.807) is 0 Å². The summed E-state index contributed by atoms with van der Waals surface area (Å²) in [5.74, 6) is 0. The highest BCUT2D eigenvalue weighted by Gasteiger charge is 2.04. The molecule has 0 bridgehead atoms. The van der Waals surface area contributed by atoms with E-state index in [1.807, 2.05) is 32.3 Å². The third kappa shape index (κ3) is 1.55. The van der Waals surface area contributed by atoms with Gasteiger partial charge in [-0.1, -0.05) is 18.2 Å². The van der Waals surface area contributed by atoms with Gasteiger partial charge >= 0.3 is 0 Å². The number of H-pyrrole nitrogens is 1. The molecular formula is C10H13N3. The lowest BCUT2D eigenvalue weighted by molar-refractivity contribution is 0.398. The van der Waals surface area contributed by atoms with Crippen molar-refractivity contribution in [1.82, 2.24) is 15.1 Å². The van der Waals surface area contributed by atoms with Crippen molar-refractivity contribution in [2.24, 2.45) is 0 Å². The highest BCUT2D eigenvalue weighted by molar-refractivity contribution is 5.80. The largest absolute Gasteiger partial charge is 0.303 e. The maximum Gasteiger partial charge on any atom is 0.0840 e. The molecule has 0 aliphatic carbocycles. The summed E-state index contributed by atoms with van der Waals surface area (Å²) in [6, 6.07) is 8.19. The molecule has 0 radical (unpaired) electrons. The fraction of sp³-hybridized carbons (Fsp3) is 0.300. The molecule has 0 atom stereocenters. The van der Waals surface area contributed by atoms with Crippen molar-refractivity contribution in [2.45, 2.75) is 6.54 Å². The van der Waals surface area contributed by atoms with Crippen LogP contribution in [0.4, 0.5) is 0 Å². The van der Waals surface area contributed by atoms with Gasteiger partial charge in [-0.25, -0.2) is 0 Å². The van der Waals surface area contributed by atoms with Crippen LogP contribution < -0.4 is 0 Å². The molecule has 3 heteroatoms. The van der Waals surface area contributed by atoms with Gasteiger partial charge in [0.1, 0.15) is 0 Å². The first kappa shape index (κ1) is 8.26. The van der Waals surface area contributed by atoms with E-state index in [1.165, 1.54) is 5.39 Å². The Morgan fingerprint density at radius 3 is 2.85 bits per heavy atom. The van der Waals surface area contributed by atoms with Gasteiger partial charge in [-0.15, -0.1) is 0 Å². The zero-order chi connectivity index (χ0) is 9.26. The monoisotopic (exact) mass is 175 g/mol. The van der Waals surface area contributed by atoms with E-state index in [-0.39, 0.29) is 0 Å². The Morgan fingerprint density at radius 1 is 1.31 bits per heavy atom. The molecule has 0 unspecified atom stereocenters. The number of fused-ring (bicyclic) bond motifs is 1. The molecule has 0 aliphatic heterocycles. The average molecular weight is 175 g/mol. The molecule has 2 rings (SSSR count). The summed E-state index contributed by atoms with van der Waals surface area (Å²) in [6.45, 7) is 0.879. The third-order valence-electron chi connectivity index (χ3n) is 2.02. The Kier molecular flexibility index (Phi) is 2.02. The summed E-state index contributed by atoms with van der Waals surface area (Å²) in [7, 11) is 4.09. The average Bonchev–Trinajstić information content (AvgIpc) is 2.48. The van der Waals surface area contributed by atoms with Gasteiger partial charge in [0.25, 0.3) is 0 Å². The van der Waals surface area contributed by atoms with Crippen molar-refractivity contribution in [3.05, 3.63) is 30.0 Å². The van der Waals surface area contributed by atoms with Gasteiger partial charge in [0.05, 0.1) is 11.2 Å². The van der Waals surface area contributed by atoms with E-state index < -0.39 is 0 Å². The number of nitrogens with one attached hydrogen (secondary N) is 1. The highest BCUT2D eigenvalue weighted by atomic mass is 15.2. The Balaban J connectivity index is 2.46. The van der Waals surface area contributed by atoms with Gasteiger partial charge in [0.15, 0.2) is 0 Å². The quantitative estimate of drug-likeness (QED) is 0.752. The second-order valence-corrected chi connectivity index (χ2v) is 3.45. The summed E-state index contributed by atoms with van der Waals surface area (Å²) in [4.78, 5) is 2.11. The fourth-order valence-corrected chi connectivity index (χ4v) is 1.44. The van der Waals surface area contributed by atoms with Gasteiger partial charge < -0.3 is 4.90 Å². The molecule has 0 saturated carbocycles. The van der Waals surface area contributed by atoms with Gasteiger partial charge in [-0.2, -0.15) is 5.10 Å². The van der Waals surface area contributed by atoms with Crippen LogP contribution in [0.15, 0.2) is 24.3 Å².